The molecule has 0 rings (SSSR count). The fourth-order valence-corrected chi connectivity index (χ4v) is 2.25. The number of rotatable bonds is 19. The van der Waals surface area contributed by atoms with Gasteiger partial charge in [-0.25, -0.2) is 0 Å². The van der Waals surface area contributed by atoms with E-state index in [4.69, 9.17) is 29.9 Å². The van der Waals surface area contributed by atoms with Crippen LogP contribution in [0.25, 0.3) is 0 Å². The lowest BCUT2D eigenvalue weighted by Crippen LogP contribution is -2.04. The molecule has 0 fully saturated rings. The number of carbonyl (C=O) groups excluding carboxylic acids is 2. The normalized spacial score (nSPS) is 8.86. The van der Waals surface area contributed by atoms with Crippen molar-refractivity contribution < 1.29 is 49.1 Å². The Morgan fingerprint density at radius 2 is 0.861 bits per heavy atom. The zero-order chi connectivity index (χ0) is 28.5. The summed E-state index contributed by atoms with van der Waals surface area (Å²) in [4.78, 5) is 42.3. The Kier molecular flexibility index (Phi) is 40.9. The fraction of sp³-hybridized carbons (Fsp3) is 0.615. The minimum atomic E-state index is -0.784. The predicted octanol–water partition coefficient (Wildman–Crippen LogP) is 4.05. The Labute approximate surface area is 215 Å². The number of carboxylic acid groups (broad SMARTS) is 2. The number of ether oxygens (including phenoxy) is 2. The molecule has 0 aliphatic rings. The molecule has 0 aromatic rings. The van der Waals surface area contributed by atoms with E-state index < -0.39 is 11.9 Å². The molecule has 0 spiro atoms. The summed E-state index contributed by atoms with van der Waals surface area (Å²) in [5, 5.41) is 31.3. The first kappa shape index (κ1) is 40.2. The summed E-state index contributed by atoms with van der Waals surface area (Å²) in [7, 11) is 1.00. The first-order chi connectivity index (χ1) is 17.2. The van der Waals surface area contributed by atoms with Crippen LogP contribution in [-0.2, 0) is 28.7 Å². The van der Waals surface area contributed by atoms with E-state index >= 15 is 0 Å². The van der Waals surface area contributed by atoms with Crippen molar-refractivity contribution in [3.63, 3.8) is 0 Å². The number of aliphatic carboxylic acids is 2. The van der Waals surface area contributed by atoms with Gasteiger partial charge in [0.25, 0.3) is 0 Å². The average Bonchev–Trinajstić information content (AvgIpc) is 2.87. The second-order valence-electron chi connectivity index (χ2n) is 7.03. The molecule has 4 N–H and O–H groups in total. The quantitative estimate of drug-likeness (QED) is 0.111. The van der Waals surface area contributed by atoms with Crippen molar-refractivity contribution in [2.45, 2.75) is 77.0 Å². The van der Waals surface area contributed by atoms with E-state index in [9.17, 15) is 19.2 Å². The Balaban J connectivity index is -0.000000244. The zero-order valence-electron chi connectivity index (χ0n) is 21.7. The molecule has 0 bridgehead atoms. The molecule has 0 aliphatic carbocycles. The number of hydrogen-bond donors (Lipinski definition) is 4. The molecule has 10 nitrogen and oxygen atoms in total. The van der Waals surface area contributed by atoms with Gasteiger partial charge in [0.15, 0.2) is 0 Å². The van der Waals surface area contributed by atoms with E-state index in [2.05, 4.69) is 19.7 Å². The maximum Gasteiger partial charge on any atom is 0.306 e. The number of unbranched alkanes of at least 4 members (excludes halogenated alkanes) is 6. The van der Waals surface area contributed by atoms with E-state index in [-0.39, 0.29) is 44.6 Å². The van der Waals surface area contributed by atoms with E-state index in [0.29, 0.717) is 25.7 Å². The highest BCUT2D eigenvalue weighted by molar-refractivity contribution is 5.69. The minimum absolute atomic E-state index is 0.0833. The summed E-state index contributed by atoms with van der Waals surface area (Å²) in [6.45, 7) is 10.8. The van der Waals surface area contributed by atoms with Gasteiger partial charge in [0.1, 0.15) is 13.2 Å². The Morgan fingerprint density at radius 3 is 1.08 bits per heavy atom. The van der Waals surface area contributed by atoms with Gasteiger partial charge in [-0.05, 0) is 25.7 Å². The molecule has 210 valence electrons. The smallest absolute Gasteiger partial charge is 0.306 e. The summed E-state index contributed by atoms with van der Waals surface area (Å²) in [5.41, 5.74) is 0. The molecule has 36 heavy (non-hydrogen) atoms. The molecule has 0 heterocycles. The molecule has 0 aromatic carbocycles. The second kappa shape index (κ2) is 36.6. The van der Waals surface area contributed by atoms with Crippen LogP contribution in [0.15, 0.2) is 38.0 Å². The van der Waals surface area contributed by atoms with E-state index in [1.54, 1.807) is 12.2 Å². The zero-order valence-corrected chi connectivity index (χ0v) is 21.7. The van der Waals surface area contributed by atoms with Gasteiger partial charge in [-0.1, -0.05) is 57.1 Å². The van der Waals surface area contributed by atoms with Gasteiger partial charge < -0.3 is 29.9 Å². The molecule has 0 atom stereocenters. The van der Waals surface area contributed by atoms with Gasteiger partial charge in [0, 0.05) is 32.8 Å². The maximum absolute atomic E-state index is 11.1. The van der Waals surface area contributed by atoms with Crippen molar-refractivity contribution in [2.75, 3.05) is 26.9 Å². The van der Waals surface area contributed by atoms with Crippen LogP contribution in [0.5, 0.6) is 0 Å². The lowest BCUT2D eigenvalue weighted by Gasteiger charge is -2.03. The Hall–Kier alpha value is -2.98. The molecule has 0 radical (unpaired) electrons. The number of aliphatic hydroxyl groups excluding tert-OH is 2. The number of hydrogen-bond acceptors (Lipinski definition) is 8. The van der Waals surface area contributed by atoms with Crippen LogP contribution in [0.1, 0.15) is 77.0 Å². The first-order valence-corrected chi connectivity index (χ1v) is 11.9. The third-order valence-electron chi connectivity index (χ3n) is 3.90. The minimum Gasteiger partial charge on any atom is -0.481 e. The van der Waals surface area contributed by atoms with Crippen LogP contribution in [-0.4, -0.2) is 71.2 Å². The molecular weight excluding hydrogens is 472 g/mol. The van der Waals surface area contributed by atoms with E-state index in [1.165, 1.54) is 6.08 Å². The number of esters is 2. The van der Waals surface area contributed by atoms with E-state index in [1.807, 2.05) is 0 Å². The van der Waals surface area contributed by atoms with Gasteiger partial charge in [-0.3, -0.25) is 19.2 Å². The molecule has 0 aromatic heterocycles. The molecule has 0 unspecified atom stereocenters. The molecule has 0 saturated heterocycles. The molecule has 10 heteroatoms. The Morgan fingerprint density at radius 1 is 0.583 bits per heavy atom. The largest absolute Gasteiger partial charge is 0.481 e. The van der Waals surface area contributed by atoms with Gasteiger partial charge in [-0.2, -0.15) is 0 Å². The van der Waals surface area contributed by atoms with Crippen molar-refractivity contribution in [1.29, 1.82) is 0 Å². The van der Waals surface area contributed by atoms with Gasteiger partial charge in [-0.15, -0.1) is 6.58 Å². The molecular formula is C26H46O10. The molecule has 0 amide bonds. The maximum atomic E-state index is 11.1. The van der Waals surface area contributed by atoms with Crippen LogP contribution < -0.4 is 0 Å². The summed E-state index contributed by atoms with van der Waals surface area (Å²) >= 11 is 0. The first-order valence-electron chi connectivity index (χ1n) is 11.9. The third-order valence-corrected chi connectivity index (χ3v) is 3.90. The highest BCUT2D eigenvalue weighted by atomic mass is 16.5. The summed E-state index contributed by atoms with van der Waals surface area (Å²) in [5.74, 6) is -1.96. The van der Waals surface area contributed by atoms with Crippen molar-refractivity contribution >= 4 is 23.9 Å². The van der Waals surface area contributed by atoms with Crippen LogP contribution in [0.4, 0.5) is 0 Å². The van der Waals surface area contributed by atoms with Crippen molar-refractivity contribution in [3.8, 4) is 0 Å². The lowest BCUT2D eigenvalue weighted by atomic mass is 10.1. The topological polar surface area (TPSA) is 168 Å². The highest BCUT2D eigenvalue weighted by Gasteiger charge is 2.03. The van der Waals surface area contributed by atoms with Gasteiger partial charge in [0.2, 0.25) is 0 Å². The van der Waals surface area contributed by atoms with Crippen LogP contribution >= 0.6 is 0 Å². The summed E-state index contributed by atoms with van der Waals surface area (Å²) < 4.78 is 9.68. The fourth-order valence-electron chi connectivity index (χ4n) is 2.25. The summed E-state index contributed by atoms with van der Waals surface area (Å²) in [6, 6.07) is 0. The van der Waals surface area contributed by atoms with Crippen LogP contribution in [0, 0.1) is 0 Å². The number of carbonyl (C=O) groups is 4. The third kappa shape index (κ3) is 48.5. The van der Waals surface area contributed by atoms with Gasteiger partial charge in [0.05, 0.1) is 6.61 Å². The number of carboxylic acids is 2. The number of aliphatic hydroxyl groups is 2. The van der Waals surface area contributed by atoms with E-state index in [0.717, 1.165) is 45.6 Å². The monoisotopic (exact) mass is 518 g/mol. The molecule has 0 aliphatic heterocycles. The Bertz CT molecular complexity index is 527. The van der Waals surface area contributed by atoms with Crippen molar-refractivity contribution in [1.82, 2.24) is 0 Å². The summed E-state index contributed by atoms with van der Waals surface area (Å²) in [6.07, 6.45) is 12.1. The van der Waals surface area contributed by atoms with Crippen LogP contribution in [0.3, 0.4) is 0 Å². The van der Waals surface area contributed by atoms with Crippen molar-refractivity contribution in [3.05, 3.63) is 38.0 Å². The predicted molar refractivity (Wildman–Crippen MR) is 138 cm³/mol. The average molecular weight is 519 g/mol. The standard InChI is InChI=1S/C14H22O4.C8H14O4.C3H6O.CH4O/c1-3-11-17-13(15)9-7-5-6-8-10-14(16)18-12-4-2;9-7(10)5-3-1-2-4-6-8(11)12;1-2-3-4;1-2/h3-4H,1-2,5-12H2;1-6H2,(H,9,10)(H,11,12);2,4H,1,3H2;2H,1H3. The SMILES string of the molecule is C=CCO.C=CCOC(=O)CCCCCCC(=O)OCC=C.CO.O=C(O)CCCCCCC(=O)O. The van der Waals surface area contributed by atoms with Gasteiger partial charge >= 0.3 is 23.9 Å². The van der Waals surface area contributed by atoms with Crippen LogP contribution in [0.2, 0.25) is 0 Å². The lowest BCUT2D eigenvalue weighted by molar-refractivity contribution is -0.143. The second-order valence-corrected chi connectivity index (χ2v) is 7.03. The highest BCUT2D eigenvalue weighted by Crippen LogP contribution is 2.07. The molecule has 0 saturated carbocycles. The van der Waals surface area contributed by atoms with Crippen molar-refractivity contribution in [2.24, 2.45) is 0 Å².